The lowest BCUT2D eigenvalue weighted by Gasteiger charge is -2.63. The van der Waals surface area contributed by atoms with E-state index in [0.29, 0.717) is 39.1 Å². The zero-order chi connectivity index (χ0) is 36.7. The van der Waals surface area contributed by atoms with Gasteiger partial charge in [0.1, 0.15) is 0 Å². The monoisotopic (exact) mass is 733 g/mol. The summed E-state index contributed by atoms with van der Waals surface area (Å²) in [5.41, 5.74) is 8.72. The highest BCUT2D eigenvalue weighted by Gasteiger charge is 2.62. The molecule has 4 aliphatic carbocycles. The summed E-state index contributed by atoms with van der Waals surface area (Å²) in [6.07, 6.45) is 5.95. The summed E-state index contributed by atoms with van der Waals surface area (Å²) in [4.78, 5) is 16.3. The summed E-state index contributed by atoms with van der Waals surface area (Å²) in [7, 11) is -3.72. The maximum atomic E-state index is 14.5. The molecule has 5 nitrogen and oxygen atoms in total. The molecule has 4 fully saturated rings. The molecule has 2 heterocycles. The third kappa shape index (κ3) is 5.11. The molecule has 0 unspecified atom stereocenters. The van der Waals surface area contributed by atoms with Crippen LogP contribution in [0.5, 0.6) is 0 Å². The molecular weight excluding hydrogens is 695 g/mol. The predicted molar refractivity (Wildman–Crippen MR) is 217 cm³/mol. The van der Waals surface area contributed by atoms with Gasteiger partial charge in [0.05, 0.1) is 9.79 Å². The van der Waals surface area contributed by atoms with Crippen LogP contribution < -0.4 is 0 Å². The van der Waals surface area contributed by atoms with Gasteiger partial charge in [-0.2, -0.15) is 0 Å². The Bertz CT molecular complexity index is 2580. The molecule has 6 heteroatoms. The Kier molecular flexibility index (Phi) is 7.37. The van der Waals surface area contributed by atoms with Crippen molar-refractivity contribution in [2.45, 2.75) is 47.3 Å². The second-order valence-corrected chi connectivity index (χ2v) is 18.0. The molecule has 4 saturated carbocycles. The van der Waals surface area contributed by atoms with Crippen molar-refractivity contribution >= 4 is 9.84 Å². The summed E-state index contributed by atoms with van der Waals surface area (Å²) in [6.45, 7) is 0. The summed E-state index contributed by atoms with van der Waals surface area (Å²) in [5.74, 6) is 3.98. The average molecular weight is 734 g/mol. The van der Waals surface area contributed by atoms with E-state index >= 15 is 0 Å². The van der Waals surface area contributed by atoms with E-state index in [1.54, 1.807) is 0 Å². The Morgan fingerprint density at radius 1 is 0.400 bits per heavy atom. The van der Waals surface area contributed by atoms with Crippen molar-refractivity contribution in [2.75, 3.05) is 0 Å². The van der Waals surface area contributed by atoms with Crippen LogP contribution in [0.1, 0.15) is 43.2 Å². The fourth-order valence-electron chi connectivity index (χ4n) is 11.0. The number of hydrogen-bond donors (Lipinski definition) is 0. The molecular formula is C49H39N3O2S. The Morgan fingerprint density at radius 3 is 1.33 bits per heavy atom. The first kappa shape index (κ1) is 32.7. The number of fused-ring (bicyclic) bond motifs is 2. The first-order valence-electron chi connectivity index (χ1n) is 19.5. The van der Waals surface area contributed by atoms with Gasteiger partial charge in [-0.15, -0.1) is 0 Å². The van der Waals surface area contributed by atoms with E-state index < -0.39 is 9.84 Å². The molecule has 1 aromatic heterocycles. The minimum Gasteiger partial charge on any atom is -0.218 e. The van der Waals surface area contributed by atoms with Crippen molar-refractivity contribution in [3.05, 3.63) is 163 Å². The number of hydrogen-bond acceptors (Lipinski definition) is 5. The topological polar surface area (TPSA) is 72.8 Å². The summed E-state index contributed by atoms with van der Waals surface area (Å²) >= 11 is 0. The van der Waals surface area contributed by atoms with Gasteiger partial charge >= 0.3 is 0 Å². The third-order valence-corrected chi connectivity index (χ3v) is 15.0. The van der Waals surface area contributed by atoms with Crippen molar-refractivity contribution in [1.29, 1.82) is 0 Å². The predicted octanol–water partition coefficient (Wildman–Crippen LogP) is 11.1. The molecule has 12 rings (SSSR count). The molecule has 5 aliphatic rings. The molecule has 0 radical (unpaired) electrons. The number of benzene rings is 6. The number of aromatic nitrogens is 3. The van der Waals surface area contributed by atoms with Crippen LogP contribution in [0.15, 0.2) is 161 Å². The van der Waals surface area contributed by atoms with E-state index in [-0.39, 0.29) is 5.41 Å². The molecule has 1 aliphatic heterocycles. The van der Waals surface area contributed by atoms with Gasteiger partial charge in [0.25, 0.3) is 0 Å². The lowest BCUT2D eigenvalue weighted by Crippen LogP contribution is -2.57. The minimum atomic E-state index is -3.72. The molecule has 268 valence electrons. The Morgan fingerprint density at radius 2 is 0.800 bits per heavy atom. The van der Waals surface area contributed by atoms with Crippen LogP contribution in [-0.2, 0) is 15.3 Å². The minimum absolute atomic E-state index is 0.347. The van der Waals surface area contributed by atoms with Crippen LogP contribution in [0.25, 0.3) is 56.4 Å². The summed E-state index contributed by atoms with van der Waals surface area (Å²) in [5, 5.41) is 0. The molecule has 4 bridgehead atoms. The van der Waals surface area contributed by atoms with Gasteiger partial charge in [-0.05, 0) is 113 Å². The normalized spacial score (nSPS) is 24.0. The highest BCUT2D eigenvalue weighted by atomic mass is 32.2. The molecule has 0 N–H and O–H groups in total. The van der Waals surface area contributed by atoms with Gasteiger partial charge < -0.3 is 0 Å². The fourth-order valence-corrected chi connectivity index (χ4v) is 12.8. The second-order valence-electron chi connectivity index (χ2n) is 16.1. The SMILES string of the molecule is O=S1(=O)c2ccccc2C2(c3cc(-c4nc(-c5ccc(-c6ccccc6)cc5)nc(-c5ccc(-c6ccccc6)cc5)n4)ccc31)C1CC3CC(C1)CC2C3. The van der Waals surface area contributed by atoms with Gasteiger partial charge in [-0.25, -0.2) is 23.4 Å². The Hall–Kier alpha value is -5.72. The van der Waals surface area contributed by atoms with Crippen molar-refractivity contribution in [1.82, 2.24) is 15.0 Å². The molecule has 7 aromatic rings. The average Bonchev–Trinajstić information content (AvgIpc) is 3.24. The molecule has 1 spiro atoms. The van der Waals surface area contributed by atoms with Crippen molar-refractivity contribution in [3.8, 4) is 56.4 Å². The van der Waals surface area contributed by atoms with E-state index in [0.717, 1.165) is 87.6 Å². The van der Waals surface area contributed by atoms with Crippen LogP contribution >= 0.6 is 0 Å². The van der Waals surface area contributed by atoms with Gasteiger partial charge in [-0.1, -0.05) is 127 Å². The largest absolute Gasteiger partial charge is 0.218 e. The van der Waals surface area contributed by atoms with E-state index in [1.807, 2.05) is 66.7 Å². The van der Waals surface area contributed by atoms with Gasteiger partial charge in [0.15, 0.2) is 17.5 Å². The molecule has 0 atom stereocenters. The zero-order valence-corrected chi connectivity index (χ0v) is 31.2. The van der Waals surface area contributed by atoms with Crippen LogP contribution in [-0.4, -0.2) is 23.4 Å². The number of nitrogens with zero attached hydrogens (tertiary/aromatic N) is 3. The first-order valence-corrected chi connectivity index (χ1v) is 21.0. The Balaban J connectivity index is 1.08. The fraction of sp³-hybridized carbons (Fsp3) is 0.204. The van der Waals surface area contributed by atoms with Crippen molar-refractivity contribution in [2.24, 2.45) is 23.7 Å². The van der Waals surface area contributed by atoms with Crippen molar-refractivity contribution in [3.63, 3.8) is 0 Å². The highest BCUT2D eigenvalue weighted by Crippen LogP contribution is 2.68. The second kappa shape index (κ2) is 12.4. The lowest BCUT2D eigenvalue weighted by atomic mass is 9.42. The summed E-state index contributed by atoms with van der Waals surface area (Å²) < 4.78 is 28.9. The highest BCUT2D eigenvalue weighted by molar-refractivity contribution is 7.91. The van der Waals surface area contributed by atoms with E-state index in [9.17, 15) is 8.42 Å². The third-order valence-electron chi connectivity index (χ3n) is 13.2. The standard InChI is InChI=1S/C49H39N3O2S/c53-55(54)44-14-8-7-13-42(44)49(40-26-31-25-32(28-40)29-41(49)27-31)43-30-39(23-24-45(43)55)48-51-46(37-19-15-35(16-20-37)33-9-3-1-4-10-33)50-47(52-48)38-21-17-36(18-22-38)34-11-5-2-6-12-34/h1-24,30-32,40-41H,25-29H2. The van der Waals surface area contributed by atoms with Crippen LogP contribution in [0.2, 0.25) is 0 Å². The number of sulfone groups is 1. The Labute approximate surface area is 322 Å². The first-order chi connectivity index (χ1) is 26.9. The molecule has 0 amide bonds. The number of rotatable bonds is 5. The molecule has 6 aromatic carbocycles. The van der Waals surface area contributed by atoms with Crippen LogP contribution in [0, 0.1) is 23.7 Å². The van der Waals surface area contributed by atoms with Gasteiger partial charge in [0, 0.05) is 22.1 Å². The lowest BCUT2D eigenvalue weighted by molar-refractivity contribution is -0.0446. The van der Waals surface area contributed by atoms with Gasteiger partial charge in [0.2, 0.25) is 9.84 Å². The van der Waals surface area contributed by atoms with Crippen LogP contribution in [0.4, 0.5) is 0 Å². The smallest absolute Gasteiger partial charge is 0.207 e. The van der Waals surface area contributed by atoms with Crippen LogP contribution in [0.3, 0.4) is 0 Å². The van der Waals surface area contributed by atoms with E-state index in [2.05, 4.69) is 84.9 Å². The van der Waals surface area contributed by atoms with Gasteiger partial charge in [-0.3, -0.25) is 0 Å². The van der Waals surface area contributed by atoms with E-state index in [1.165, 1.54) is 6.42 Å². The maximum Gasteiger partial charge on any atom is 0.207 e. The summed E-state index contributed by atoms with van der Waals surface area (Å²) in [6, 6.07) is 51.2. The molecule has 0 saturated heterocycles. The quantitative estimate of drug-likeness (QED) is 0.176. The zero-order valence-electron chi connectivity index (χ0n) is 30.3. The van der Waals surface area contributed by atoms with Crippen molar-refractivity contribution < 1.29 is 8.42 Å². The molecule has 55 heavy (non-hydrogen) atoms. The maximum absolute atomic E-state index is 14.5. The van der Waals surface area contributed by atoms with E-state index in [4.69, 9.17) is 15.0 Å².